The largest absolute Gasteiger partial charge is 1.00 e. The standard InChI is InChI=1S/C12H14N4O.C2H5.Cu/c1-8-4-6-10(7-5-8)16-12(17)11(14-13-3)9(2)15-16;1-2;/h4-7,17H,1-3H3;1H2,2H3;/q;-1;+1. The smallest absolute Gasteiger partial charge is 0.492 e. The number of hydrogen-bond donors (Lipinski definition) is 1. The van der Waals surface area contributed by atoms with Crippen molar-refractivity contribution in [1.82, 2.24) is 9.78 Å². The van der Waals surface area contributed by atoms with Crippen molar-refractivity contribution in [3.05, 3.63) is 42.4 Å². The first-order valence-electron chi connectivity index (χ1n) is 5.99. The molecule has 112 valence electrons. The van der Waals surface area contributed by atoms with Crippen molar-refractivity contribution in [1.29, 1.82) is 0 Å². The summed E-state index contributed by atoms with van der Waals surface area (Å²) in [5, 5.41) is 21.8. The van der Waals surface area contributed by atoms with Gasteiger partial charge in [-0.2, -0.15) is 21.8 Å². The third-order valence-electron chi connectivity index (χ3n) is 2.48. The summed E-state index contributed by atoms with van der Waals surface area (Å²) in [6, 6.07) is 7.72. The van der Waals surface area contributed by atoms with Gasteiger partial charge in [-0.05, 0) is 26.0 Å². The van der Waals surface area contributed by atoms with E-state index in [1.54, 1.807) is 20.9 Å². The van der Waals surface area contributed by atoms with Gasteiger partial charge in [0.1, 0.15) is 0 Å². The van der Waals surface area contributed by atoms with Crippen molar-refractivity contribution in [3.63, 3.8) is 0 Å². The fourth-order valence-electron chi connectivity index (χ4n) is 1.59. The normalized spacial score (nSPS) is 9.85. The van der Waals surface area contributed by atoms with Crippen LogP contribution in [0.1, 0.15) is 18.2 Å². The van der Waals surface area contributed by atoms with Crippen LogP contribution in [0, 0.1) is 20.8 Å². The molecule has 0 fully saturated rings. The fourth-order valence-corrected chi connectivity index (χ4v) is 1.59. The zero-order chi connectivity index (χ0) is 14.4. The van der Waals surface area contributed by atoms with Crippen molar-refractivity contribution in [2.45, 2.75) is 20.8 Å². The zero-order valence-corrected chi connectivity index (χ0v) is 13.0. The van der Waals surface area contributed by atoms with Gasteiger partial charge in [0.05, 0.1) is 11.4 Å². The Morgan fingerprint density at radius 3 is 2.20 bits per heavy atom. The number of aryl methyl sites for hydroxylation is 2. The molecular formula is C14H19CuN4O. The minimum atomic E-state index is 0. The summed E-state index contributed by atoms with van der Waals surface area (Å²) in [5.74, 6) is 0.0111. The summed E-state index contributed by atoms with van der Waals surface area (Å²) in [5.41, 5.74) is 3.01. The maximum atomic E-state index is 10.0. The van der Waals surface area contributed by atoms with Gasteiger partial charge in [-0.15, -0.1) is 5.11 Å². The van der Waals surface area contributed by atoms with Gasteiger partial charge in [-0.3, -0.25) is 0 Å². The van der Waals surface area contributed by atoms with Crippen LogP contribution in [0.4, 0.5) is 5.69 Å². The van der Waals surface area contributed by atoms with E-state index in [2.05, 4.69) is 22.3 Å². The molecule has 0 aliphatic carbocycles. The van der Waals surface area contributed by atoms with Crippen LogP contribution >= 0.6 is 0 Å². The molecule has 1 aromatic carbocycles. The van der Waals surface area contributed by atoms with Gasteiger partial charge < -0.3 is 12.0 Å². The molecular weight excluding hydrogens is 304 g/mol. The van der Waals surface area contributed by atoms with Gasteiger partial charge in [0.25, 0.3) is 0 Å². The van der Waals surface area contributed by atoms with E-state index in [4.69, 9.17) is 0 Å². The molecule has 2 rings (SSSR count). The molecule has 0 spiro atoms. The van der Waals surface area contributed by atoms with Crippen LogP contribution in [-0.4, -0.2) is 21.9 Å². The molecule has 0 aliphatic heterocycles. The second-order valence-electron chi connectivity index (χ2n) is 3.80. The topological polar surface area (TPSA) is 62.8 Å². The number of aromatic nitrogens is 2. The van der Waals surface area contributed by atoms with Gasteiger partial charge in [0.2, 0.25) is 5.88 Å². The SMILES string of the molecule is CN=Nc1c(C)nn(-c2ccc(C)cc2)c1O.[CH2-]C.[Cu+]. The fraction of sp³-hybridized carbons (Fsp3) is 0.286. The maximum absolute atomic E-state index is 10.0. The number of aromatic hydroxyl groups is 1. The third-order valence-corrected chi connectivity index (χ3v) is 2.48. The second kappa shape index (κ2) is 8.51. The van der Waals surface area contributed by atoms with Crippen molar-refractivity contribution >= 4 is 5.69 Å². The summed E-state index contributed by atoms with van der Waals surface area (Å²) < 4.78 is 1.46. The van der Waals surface area contributed by atoms with E-state index in [1.807, 2.05) is 31.2 Å². The molecule has 0 aliphatic rings. The Morgan fingerprint density at radius 1 is 1.15 bits per heavy atom. The summed E-state index contributed by atoms with van der Waals surface area (Å²) in [6.07, 6.45) is 0. The first-order valence-corrected chi connectivity index (χ1v) is 5.99. The Balaban J connectivity index is 0.00000115. The molecule has 0 atom stereocenters. The summed E-state index contributed by atoms with van der Waals surface area (Å²) in [7, 11) is 1.56. The molecule has 2 aromatic rings. The molecule has 20 heavy (non-hydrogen) atoms. The van der Waals surface area contributed by atoms with Crippen LogP contribution in [0.5, 0.6) is 5.88 Å². The average molecular weight is 323 g/mol. The van der Waals surface area contributed by atoms with E-state index in [9.17, 15) is 5.11 Å². The third kappa shape index (κ3) is 3.92. The van der Waals surface area contributed by atoms with Crippen LogP contribution in [-0.2, 0) is 17.1 Å². The van der Waals surface area contributed by atoms with Gasteiger partial charge in [-0.25, -0.2) is 0 Å². The quantitative estimate of drug-likeness (QED) is 0.520. The Hall–Kier alpha value is -1.65. The molecule has 0 bridgehead atoms. The average Bonchev–Trinajstić information content (AvgIpc) is 2.70. The molecule has 6 heteroatoms. The number of rotatable bonds is 2. The molecule has 0 amide bonds. The first kappa shape index (κ1) is 18.3. The number of nitrogens with zero attached hydrogens (tertiary/aromatic N) is 4. The Kier molecular flexibility index (Phi) is 7.80. The summed E-state index contributed by atoms with van der Waals surface area (Å²) in [4.78, 5) is 0. The number of azo groups is 1. The molecule has 0 saturated heterocycles. The van der Waals surface area contributed by atoms with Crippen LogP contribution < -0.4 is 0 Å². The van der Waals surface area contributed by atoms with Crippen molar-refractivity contribution < 1.29 is 22.2 Å². The van der Waals surface area contributed by atoms with Gasteiger partial charge in [-0.1, -0.05) is 17.7 Å². The molecule has 1 N–H and O–H groups in total. The maximum Gasteiger partial charge on any atom is 1.00 e. The first-order chi connectivity index (χ1) is 9.13. The molecule has 0 saturated carbocycles. The zero-order valence-electron chi connectivity index (χ0n) is 12.1. The van der Waals surface area contributed by atoms with E-state index in [1.165, 1.54) is 4.68 Å². The van der Waals surface area contributed by atoms with Crippen molar-refractivity contribution in [2.24, 2.45) is 10.2 Å². The van der Waals surface area contributed by atoms with Crippen LogP contribution in [0.15, 0.2) is 34.5 Å². The second-order valence-corrected chi connectivity index (χ2v) is 3.80. The summed E-state index contributed by atoms with van der Waals surface area (Å²) >= 11 is 0. The minimum absolute atomic E-state index is 0. The van der Waals surface area contributed by atoms with Crippen LogP contribution in [0.3, 0.4) is 0 Å². The molecule has 1 aromatic heterocycles. The Morgan fingerprint density at radius 2 is 1.70 bits per heavy atom. The molecule has 5 nitrogen and oxygen atoms in total. The molecule has 1 heterocycles. The van der Waals surface area contributed by atoms with E-state index >= 15 is 0 Å². The summed E-state index contributed by atoms with van der Waals surface area (Å²) in [6.45, 7) is 8.79. The monoisotopic (exact) mass is 322 g/mol. The predicted octanol–water partition coefficient (Wildman–Crippen LogP) is 3.75. The Labute approximate surface area is 130 Å². The van der Waals surface area contributed by atoms with Gasteiger partial charge in [0, 0.05) is 7.05 Å². The van der Waals surface area contributed by atoms with Crippen LogP contribution in [0.25, 0.3) is 5.69 Å². The van der Waals surface area contributed by atoms with Crippen LogP contribution in [0.2, 0.25) is 0 Å². The molecule has 0 radical (unpaired) electrons. The number of benzene rings is 1. The molecule has 0 unspecified atom stereocenters. The van der Waals surface area contributed by atoms with E-state index in [-0.39, 0.29) is 22.9 Å². The van der Waals surface area contributed by atoms with Crippen molar-refractivity contribution in [2.75, 3.05) is 7.05 Å². The van der Waals surface area contributed by atoms with E-state index in [0.29, 0.717) is 11.4 Å². The van der Waals surface area contributed by atoms with Gasteiger partial charge >= 0.3 is 17.1 Å². The predicted molar refractivity (Wildman–Crippen MR) is 76.2 cm³/mol. The number of hydrogen-bond acceptors (Lipinski definition) is 4. The van der Waals surface area contributed by atoms with Crippen molar-refractivity contribution in [3.8, 4) is 11.6 Å². The van der Waals surface area contributed by atoms with Gasteiger partial charge in [0.15, 0.2) is 5.69 Å². The minimum Gasteiger partial charge on any atom is -0.492 e. The Bertz CT molecular complexity index is 561. The van der Waals surface area contributed by atoms with E-state index < -0.39 is 0 Å². The van der Waals surface area contributed by atoms with E-state index in [0.717, 1.165) is 11.3 Å².